The van der Waals surface area contributed by atoms with Gasteiger partial charge in [0.05, 0.1) is 18.3 Å². The Labute approximate surface area is 82.5 Å². The molecule has 4 nitrogen and oxygen atoms in total. The van der Waals surface area contributed by atoms with Crippen LogP contribution in [0.25, 0.3) is 0 Å². The predicted octanol–water partition coefficient (Wildman–Crippen LogP) is 0.442. The monoisotopic (exact) mass is 189 g/mol. The molecule has 4 heteroatoms. The van der Waals surface area contributed by atoms with E-state index in [0.717, 1.165) is 18.7 Å². The van der Waals surface area contributed by atoms with E-state index in [1.54, 1.807) is 18.5 Å². The zero-order valence-corrected chi connectivity index (χ0v) is 7.73. The largest absolute Gasteiger partial charge is 0.371 e. The Hall–Kier alpha value is -1.44. The van der Waals surface area contributed by atoms with Crippen molar-refractivity contribution in [2.24, 2.45) is 0 Å². The molecule has 72 valence electrons. The number of pyridine rings is 1. The molecule has 0 aromatic carbocycles. The minimum absolute atomic E-state index is 0.320. The van der Waals surface area contributed by atoms with Gasteiger partial charge in [-0.25, -0.2) is 0 Å². The molecule has 1 fully saturated rings. The van der Waals surface area contributed by atoms with Crippen LogP contribution in [-0.4, -0.2) is 24.2 Å². The second-order valence-corrected chi connectivity index (χ2v) is 3.28. The molecule has 1 N–H and O–H groups in total. The molecule has 0 unspecified atom stereocenters. The Morgan fingerprint density at radius 3 is 3.07 bits per heavy atom. The van der Waals surface area contributed by atoms with Gasteiger partial charge in [0.25, 0.3) is 0 Å². The molecule has 0 atom stereocenters. The number of nitriles is 1. The Morgan fingerprint density at radius 1 is 1.57 bits per heavy atom. The highest BCUT2D eigenvalue weighted by Gasteiger charge is 2.16. The normalized spacial score (nSPS) is 15.9. The van der Waals surface area contributed by atoms with Crippen LogP contribution in [0.1, 0.15) is 11.1 Å². The lowest BCUT2D eigenvalue weighted by molar-refractivity contribution is 0.00746. The first-order valence-corrected chi connectivity index (χ1v) is 4.55. The molecule has 1 aliphatic rings. The maximum absolute atomic E-state index is 8.66. The predicted molar refractivity (Wildman–Crippen MR) is 50.4 cm³/mol. The Morgan fingerprint density at radius 2 is 2.43 bits per heavy atom. The van der Waals surface area contributed by atoms with Crippen LogP contribution in [0.4, 0.5) is 0 Å². The van der Waals surface area contributed by atoms with Crippen molar-refractivity contribution in [3.63, 3.8) is 0 Å². The van der Waals surface area contributed by atoms with E-state index in [-0.39, 0.29) is 0 Å². The highest BCUT2D eigenvalue weighted by Crippen LogP contribution is 2.06. The summed E-state index contributed by atoms with van der Waals surface area (Å²) < 4.78 is 5.55. The van der Waals surface area contributed by atoms with Crippen LogP contribution in [0.3, 0.4) is 0 Å². The maximum atomic E-state index is 8.66. The summed E-state index contributed by atoms with van der Waals surface area (Å²) >= 11 is 0. The first kappa shape index (κ1) is 9.13. The number of ether oxygens (including phenoxy) is 1. The quantitative estimate of drug-likeness (QED) is 0.749. The van der Waals surface area contributed by atoms with E-state index >= 15 is 0 Å². The van der Waals surface area contributed by atoms with Gasteiger partial charge in [0.2, 0.25) is 0 Å². The van der Waals surface area contributed by atoms with Crippen LogP contribution in [-0.2, 0) is 11.3 Å². The highest BCUT2D eigenvalue weighted by atomic mass is 16.5. The lowest BCUT2D eigenvalue weighted by Crippen LogP contribution is -2.48. The second-order valence-electron chi connectivity index (χ2n) is 3.28. The molecule has 0 amide bonds. The topological polar surface area (TPSA) is 57.9 Å². The van der Waals surface area contributed by atoms with Crippen molar-refractivity contribution in [3.05, 3.63) is 29.6 Å². The fraction of sp³-hybridized carbons (Fsp3) is 0.400. The van der Waals surface area contributed by atoms with Gasteiger partial charge >= 0.3 is 0 Å². The van der Waals surface area contributed by atoms with Gasteiger partial charge in [-0.15, -0.1) is 0 Å². The smallest absolute Gasteiger partial charge is 0.101 e. The molecule has 2 heterocycles. The van der Waals surface area contributed by atoms with Crippen LogP contribution < -0.4 is 5.32 Å². The molecule has 0 aliphatic carbocycles. The number of nitrogens with zero attached hydrogens (tertiary/aromatic N) is 2. The summed E-state index contributed by atoms with van der Waals surface area (Å²) in [7, 11) is 0. The van der Waals surface area contributed by atoms with E-state index in [0.29, 0.717) is 18.3 Å². The Kier molecular flexibility index (Phi) is 2.73. The zero-order chi connectivity index (χ0) is 9.80. The fourth-order valence-corrected chi connectivity index (χ4v) is 1.22. The van der Waals surface area contributed by atoms with Gasteiger partial charge in [-0.3, -0.25) is 4.98 Å². The summed E-state index contributed by atoms with van der Waals surface area (Å²) in [6.45, 7) is 2.38. The van der Waals surface area contributed by atoms with Crippen molar-refractivity contribution in [2.45, 2.75) is 12.7 Å². The number of aromatic nitrogens is 1. The first-order chi connectivity index (χ1) is 6.88. The molecule has 1 aromatic heterocycles. The van der Waals surface area contributed by atoms with Crippen molar-refractivity contribution in [1.82, 2.24) is 10.3 Å². The van der Waals surface area contributed by atoms with Gasteiger partial charge in [0, 0.05) is 25.5 Å². The zero-order valence-electron chi connectivity index (χ0n) is 7.73. The summed E-state index contributed by atoms with van der Waals surface area (Å²) in [5.41, 5.74) is 1.54. The molecule has 1 saturated heterocycles. The van der Waals surface area contributed by atoms with Crippen molar-refractivity contribution in [3.8, 4) is 6.07 Å². The SMILES string of the molecule is N#Cc1cncc(COC2CNC2)c1. The average Bonchev–Trinajstić information content (AvgIpc) is 2.16. The van der Waals surface area contributed by atoms with E-state index in [2.05, 4.69) is 16.4 Å². The van der Waals surface area contributed by atoms with Gasteiger partial charge < -0.3 is 10.1 Å². The van der Waals surface area contributed by atoms with Gasteiger partial charge in [-0.05, 0) is 11.6 Å². The highest BCUT2D eigenvalue weighted by molar-refractivity contribution is 5.28. The average molecular weight is 189 g/mol. The molecule has 2 rings (SSSR count). The Bertz CT molecular complexity index is 355. The molecular weight excluding hydrogens is 178 g/mol. The molecule has 0 bridgehead atoms. The molecule has 0 saturated carbocycles. The third kappa shape index (κ3) is 2.08. The van der Waals surface area contributed by atoms with Crippen LogP contribution in [0.5, 0.6) is 0 Å². The van der Waals surface area contributed by atoms with Crippen molar-refractivity contribution in [2.75, 3.05) is 13.1 Å². The van der Waals surface area contributed by atoms with Gasteiger partial charge in [0.15, 0.2) is 0 Å². The van der Waals surface area contributed by atoms with Crippen molar-refractivity contribution in [1.29, 1.82) is 5.26 Å². The van der Waals surface area contributed by atoms with Crippen molar-refractivity contribution >= 4 is 0 Å². The molecular formula is C10H11N3O. The van der Waals surface area contributed by atoms with E-state index < -0.39 is 0 Å². The summed E-state index contributed by atoms with van der Waals surface area (Å²) in [5.74, 6) is 0. The molecule has 0 radical (unpaired) electrons. The van der Waals surface area contributed by atoms with E-state index in [1.165, 1.54) is 0 Å². The van der Waals surface area contributed by atoms with Gasteiger partial charge in [-0.1, -0.05) is 0 Å². The van der Waals surface area contributed by atoms with Gasteiger partial charge in [-0.2, -0.15) is 5.26 Å². The number of hydrogen-bond acceptors (Lipinski definition) is 4. The minimum atomic E-state index is 0.320. The van der Waals surface area contributed by atoms with Crippen LogP contribution in [0.15, 0.2) is 18.5 Å². The van der Waals surface area contributed by atoms with E-state index in [4.69, 9.17) is 10.00 Å². The molecule has 1 aliphatic heterocycles. The van der Waals surface area contributed by atoms with E-state index in [9.17, 15) is 0 Å². The second kappa shape index (κ2) is 4.18. The fourth-order valence-electron chi connectivity index (χ4n) is 1.22. The third-order valence-electron chi connectivity index (χ3n) is 2.15. The summed E-state index contributed by atoms with van der Waals surface area (Å²) in [4.78, 5) is 3.96. The Balaban J connectivity index is 1.91. The number of hydrogen-bond donors (Lipinski definition) is 1. The summed E-state index contributed by atoms with van der Waals surface area (Å²) in [5, 5.41) is 11.8. The summed E-state index contributed by atoms with van der Waals surface area (Å²) in [6.07, 6.45) is 3.60. The number of rotatable bonds is 3. The lowest BCUT2D eigenvalue weighted by atomic mass is 10.2. The standard InChI is InChI=1S/C10H11N3O/c11-2-8-1-9(4-12-3-8)7-14-10-5-13-6-10/h1,3-4,10,13H,5-7H2. The van der Waals surface area contributed by atoms with E-state index in [1.807, 2.05) is 0 Å². The maximum Gasteiger partial charge on any atom is 0.101 e. The van der Waals surface area contributed by atoms with Crippen LogP contribution in [0.2, 0.25) is 0 Å². The molecule has 1 aromatic rings. The summed E-state index contributed by atoms with van der Waals surface area (Å²) in [6, 6.07) is 3.86. The first-order valence-electron chi connectivity index (χ1n) is 4.55. The molecule has 14 heavy (non-hydrogen) atoms. The van der Waals surface area contributed by atoms with Crippen LogP contribution >= 0.6 is 0 Å². The number of nitrogens with one attached hydrogen (secondary N) is 1. The lowest BCUT2D eigenvalue weighted by Gasteiger charge is -2.27. The third-order valence-corrected chi connectivity index (χ3v) is 2.15. The van der Waals surface area contributed by atoms with Crippen LogP contribution in [0, 0.1) is 11.3 Å². The van der Waals surface area contributed by atoms with Gasteiger partial charge in [0.1, 0.15) is 6.07 Å². The van der Waals surface area contributed by atoms with Crippen molar-refractivity contribution < 1.29 is 4.74 Å². The minimum Gasteiger partial charge on any atom is -0.371 e. The molecule has 0 spiro atoms.